The first-order valence-corrected chi connectivity index (χ1v) is 7.92. The summed E-state index contributed by atoms with van der Waals surface area (Å²) in [5.41, 5.74) is 3.58. The van der Waals surface area contributed by atoms with E-state index in [2.05, 4.69) is 10.3 Å². The van der Waals surface area contributed by atoms with Crippen molar-refractivity contribution in [2.75, 3.05) is 0 Å². The third-order valence-corrected chi connectivity index (χ3v) is 4.10. The molecule has 4 nitrogen and oxygen atoms in total. The number of rotatable bonds is 5. The molecule has 1 atom stereocenters. The van der Waals surface area contributed by atoms with Gasteiger partial charge in [-0.3, -0.25) is 9.59 Å². The van der Waals surface area contributed by atoms with Gasteiger partial charge >= 0.3 is 0 Å². The van der Waals surface area contributed by atoms with Crippen LogP contribution in [0.15, 0.2) is 24.3 Å². The maximum atomic E-state index is 12.4. The standard InChI is InChI=1S/C18H21ClN2O2/c1-10(9-14-5-7-15(19)8-6-14)20-18(23)17-11(2)16(13(4)22)12(3)21-17/h5-8,10,21H,9H2,1-4H3,(H,20,23)/t10-/m0/s1. The van der Waals surface area contributed by atoms with E-state index in [0.717, 1.165) is 11.3 Å². The van der Waals surface area contributed by atoms with Gasteiger partial charge in [0.2, 0.25) is 0 Å². The minimum atomic E-state index is -0.195. The maximum absolute atomic E-state index is 12.4. The van der Waals surface area contributed by atoms with Crippen LogP contribution in [0.1, 0.15) is 51.5 Å². The van der Waals surface area contributed by atoms with E-state index in [4.69, 9.17) is 11.6 Å². The third-order valence-electron chi connectivity index (χ3n) is 3.85. The van der Waals surface area contributed by atoms with E-state index in [1.165, 1.54) is 6.92 Å². The molecule has 1 aromatic carbocycles. The fourth-order valence-corrected chi connectivity index (χ4v) is 2.95. The molecule has 1 heterocycles. The van der Waals surface area contributed by atoms with Crippen molar-refractivity contribution in [2.45, 2.75) is 40.2 Å². The number of nitrogens with one attached hydrogen (secondary N) is 2. The van der Waals surface area contributed by atoms with Crippen molar-refractivity contribution in [3.8, 4) is 0 Å². The molecule has 0 spiro atoms. The molecule has 122 valence electrons. The minimum absolute atomic E-state index is 0.0348. The molecule has 0 aliphatic heterocycles. The molecule has 0 radical (unpaired) electrons. The van der Waals surface area contributed by atoms with Crippen molar-refractivity contribution >= 4 is 23.3 Å². The first kappa shape index (κ1) is 17.3. The lowest BCUT2D eigenvalue weighted by Gasteiger charge is -2.14. The monoisotopic (exact) mass is 332 g/mol. The molecule has 0 saturated carbocycles. The van der Waals surface area contributed by atoms with Gasteiger partial charge in [-0.15, -0.1) is 0 Å². The number of benzene rings is 1. The summed E-state index contributed by atoms with van der Waals surface area (Å²) < 4.78 is 0. The lowest BCUT2D eigenvalue weighted by atomic mass is 10.1. The molecule has 0 unspecified atom stereocenters. The lowest BCUT2D eigenvalue weighted by Crippen LogP contribution is -2.34. The molecule has 1 amide bonds. The first-order valence-electron chi connectivity index (χ1n) is 7.55. The zero-order valence-electron chi connectivity index (χ0n) is 13.8. The van der Waals surface area contributed by atoms with Gasteiger partial charge in [-0.25, -0.2) is 0 Å². The Labute approximate surface area is 141 Å². The molecule has 0 fully saturated rings. The second-order valence-corrected chi connectivity index (χ2v) is 6.32. The Hall–Kier alpha value is -2.07. The van der Waals surface area contributed by atoms with Gasteiger partial charge in [-0.2, -0.15) is 0 Å². The predicted octanol–water partition coefficient (Wildman–Crippen LogP) is 3.85. The topological polar surface area (TPSA) is 62.0 Å². The molecule has 0 aliphatic carbocycles. The summed E-state index contributed by atoms with van der Waals surface area (Å²) in [6.45, 7) is 7.05. The molecule has 0 aliphatic rings. The highest BCUT2D eigenvalue weighted by atomic mass is 35.5. The molecule has 23 heavy (non-hydrogen) atoms. The molecule has 2 rings (SSSR count). The van der Waals surface area contributed by atoms with E-state index in [-0.39, 0.29) is 17.7 Å². The Balaban J connectivity index is 2.08. The minimum Gasteiger partial charge on any atom is -0.354 e. The molecule has 0 saturated heterocycles. The zero-order valence-corrected chi connectivity index (χ0v) is 14.5. The molecular formula is C18H21ClN2O2. The summed E-state index contributed by atoms with van der Waals surface area (Å²) in [7, 11) is 0. The van der Waals surface area contributed by atoms with Crippen LogP contribution in [0.25, 0.3) is 0 Å². The van der Waals surface area contributed by atoms with Gasteiger partial charge in [0.05, 0.1) is 0 Å². The molecule has 2 aromatic rings. The van der Waals surface area contributed by atoms with Crippen LogP contribution in [-0.4, -0.2) is 22.7 Å². The average molecular weight is 333 g/mol. The highest BCUT2D eigenvalue weighted by Crippen LogP contribution is 2.18. The first-order chi connectivity index (χ1) is 10.8. The van der Waals surface area contributed by atoms with E-state index in [9.17, 15) is 9.59 Å². The van der Waals surface area contributed by atoms with Crippen molar-refractivity contribution in [1.82, 2.24) is 10.3 Å². The van der Waals surface area contributed by atoms with Crippen molar-refractivity contribution in [1.29, 1.82) is 0 Å². The van der Waals surface area contributed by atoms with Crippen LogP contribution in [-0.2, 0) is 6.42 Å². The second kappa shape index (κ2) is 7.01. The number of hydrogen-bond donors (Lipinski definition) is 2. The van der Waals surface area contributed by atoms with Gasteiger partial charge in [0.25, 0.3) is 5.91 Å². The van der Waals surface area contributed by atoms with Gasteiger partial charge in [0.15, 0.2) is 5.78 Å². The van der Waals surface area contributed by atoms with Gasteiger partial charge in [-0.05, 0) is 57.4 Å². The van der Waals surface area contributed by atoms with Crippen LogP contribution < -0.4 is 5.32 Å². The number of carbonyl (C=O) groups excluding carboxylic acids is 2. The Kier molecular flexibility index (Phi) is 5.26. The summed E-state index contributed by atoms with van der Waals surface area (Å²) in [6, 6.07) is 7.53. The molecule has 5 heteroatoms. The summed E-state index contributed by atoms with van der Waals surface area (Å²) in [5, 5.41) is 3.66. The van der Waals surface area contributed by atoms with Crippen molar-refractivity contribution in [3.63, 3.8) is 0 Å². The molecule has 1 aromatic heterocycles. The second-order valence-electron chi connectivity index (χ2n) is 5.89. The highest BCUT2D eigenvalue weighted by molar-refractivity contribution is 6.30. The van der Waals surface area contributed by atoms with E-state index in [1.807, 2.05) is 31.2 Å². The number of Topliss-reactive ketones (excluding diaryl/α,β-unsaturated/α-hetero) is 1. The number of aromatic amines is 1. The van der Waals surface area contributed by atoms with E-state index in [1.54, 1.807) is 13.8 Å². The highest BCUT2D eigenvalue weighted by Gasteiger charge is 2.20. The number of amides is 1. The number of aromatic nitrogens is 1. The summed E-state index contributed by atoms with van der Waals surface area (Å²) in [6.07, 6.45) is 0.710. The van der Waals surface area contributed by atoms with Crippen LogP contribution >= 0.6 is 11.6 Å². The number of halogens is 1. The van der Waals surface area contributed by atoms with Crippen molar-refractivity contribution in [3.05, 3.63) is 57.4 Å². The number of carbonyl (C=O) groups is 2. The largest absolute Gasteiger partial charge is 0.354 e. The number of ketones is 1. The smallest absolute Gasteiger partial charge is 0.268 e. The number of H-pyrrole nitrogens is 1. The Morgan fingerprint density at radius 2 is 1.83 bits per heavy atom. The Morgan fingerprint density at radius 3 is 2.35 bits per heavy atom. The van der Waals surface area contributed by atoms with E-state index < -0.39 is 0 Å². The normalized spacial score (nSPS) is 12.0. The predicted molar refractivity (Wildman–Crippen MR) is 92.4 cm³/mol. The van der Waals surface area contributed by atoms with Gasteiger partial charge in [0, 0.05) is 22.3 Å². The van der Waals surface area contributed by atoms with Crippen molar-refractivity contribution < 1.29 is 9.59 Å². The van der Waals surface area contributed by atoms with E-state index >= 15 is 0 Å². The fraction of sp³-hybridized carbons (Fsp3) is 0.333. The van der Waals surface area contributed by atoms with Crippen LogP contribution in [0, 0.1) is 13.8 Å². The average Bonchev–Trinajstić information content (AvgIpc) is 2.76. The number of aryl methyl sites for hydroxylation is 1. The molecule has 2 N–H and O–H groups in total. The van der Waals surface area contributed by atoms with Crippen molar-refractivity contribution in [2.24, 2.45) is 0 Å². The van der Waals surface area contributed by atoms with E-state index in [0.29, 0.717) is 28.3 Å². The van der Waals surface area contributed by atoms with Gasteiger partial charge < -0.3 is 10.3 Å². The summed E-state index contributed by atoms with van der Waals surface area (Å²) >= 11 is 5.87. The van der Waals surface area contributed by atoms with Crippen LogP contribution in [0.4, 0.5) is 0 Å². The quantitative estimate of drug-likeness (QED) is 0.817. The summed E-state index contributed by atoms with van der Waals surface area (Å²) in [5.74, 6) is -0.232. The third kappa shape index (κ3) is 4.02. The van der Waals surface area contributed by atoms with Crippen LogP contribution in [0.3, 0.4) is 0 Å². The summed E-state index contributed by atoms with van der Waals surface area (Å²) in [4.78, 5) is 27.1. The van der Waals surface area contributed by atoms with Crippen LogP contribution in [0.5, 0.6) is 0 Å². The van der Waals surface area contributed by atoms with Crippen LogP contribution in [0.2, 0.25) is 5.02 Å². The lowest BCUT2D eigenvalue weighted by molar-refractivity contribution is 0.0934. The van der Waals surface area contributed by atoms with Gasteiger partial charge in [0.1, 0.15) is 5.69 Å². The molecular weight excluding hydrogens is 312 g/mol. The zero-order chi connectivity index (χ0) is 17.1. The Bertz CT molecular complexity index is 732. The SMILES string of the molecule is CC(=O)c1c(C)[nH]c(C(=O)N[C@@H](C)Cc2ccc(Cl)cc2)c1C. The fourth-order valence-electron chi connectivity index (χ4n) is 2.83. The molecule has 0 bridgehead atoms. The Morgan fingerprint density at radius 1 is 1.22 bits per heavy atom. The number of hydrogen-bond acceptors (Lipinski definition) is 2. The van der Waals surface area contributed by atoms with Gasteiger partial charge in [-0.1, -0.05) is 23.7 Å². The maximum Gasteiger partial charge on any atom is 0.268 e.